The lowest BCUT2D eigenvalue weighted by molar-refractivity contribution is -0.124. The smallest absolute Gasteiger partial charge is 0.243 e. The molecule has 0 aliphatic carbocycles. The highest BCUT2D eigenvalue weighted by molar-refractivity contribution is 5.95. The molecule has 0 saturated carbocycles. The maximum Gasteiger partial charge on any atom is 0.243 e. The van der Waals surface area contributed by atoms with Crippen LogP contribution >= 0.6 is 0 Å². The summed E-state index contributed by atoms with van der Waals surface area (Å²) < 4.78 is 5.17. The summed E-state index contributed by atoms with van der Waals surface area (Å²) in [5.74, 6) is 0.357. The molecule has 1 heterocycles. The van der Waals surface area contributed by atoms with Gasteiger partial charge in [-0.2, -0.15) is 0 Å². The number of hydrogen-bond donors (Lipinski definition) is 2. The standard InChI is InChI=1S/C18H22N2O3/c1-12-9-13(2)18(14(3)10-12)20-17(22)11-19-16(21)7-6-15-5-4-8-23-15/h4-5,8-10H,6-7,11H2,1-3H3,(H,19,21)(H,20,22). The molecular weight excluding hydrogens is 292 g/mol. The normalized spacial score (nSPS) is 10.4. The molecule has 2 aromatic rings. The van der Waals surface area contributed by atoms with E-state index in [1.54, 1.807) is 12.3 Å². The average Bonchev–Trinajstić information content (AvgIpc) is 3.00. The number of carbonyl (C=O) groups excluding carboxylic acids is 2. The number of anilines is 1. The number of furan rings is 1. The quantitative estimate of drug-likeness (QED) is 0.861. The van der Waals surface area contributed by atoms with Crippen LogP contribution in [-0.4, -0.2) is 18.4 Å². The van der Waals surface area contributed by atoms with Crippen LogP contribution in [0.3, 0.4) is 0 Å². The zero-order valence-corrected chi connectivity index (χ0v) is 13.7. The largest absolute Gasteiger partial charge is 0.469 e. The summed E-state index contributed by atoms with van der Waals surface area (Å²) in [6.45, 7) is 5.89. The second-order valence-corrected chi connectivity index (χ2v) is 5.68. The Morgan fingerprint density at radius 1 is 1.09 bits per heavy atom. The zero-order chi connectivity index (χ0) is 16.8. The van der Waals surface area contributed by atoms with Gasteiger partial charge in [0.2, 0.25) is 11.8 Å². The monoisotopic (exact) mass is 314 g/mol. The molecule has 2 amide bonds. The first-order valence-corrected chi connectivity index (χ1v) is 7.62. The lowest BCUT2D eigenvalue weighted by atomic mass is 10.1. The third-order valence-electron chi connectivity index (χ3n) is 3.57. The van der Waals surface area contributed by atoms with Crippen molar-refractivity contribution in [1.82, 2.24) is 5.32 Å². The molecule has 0 aliphatic rings. The Morgan fingerprint density at radius 2 is 1.78 bits per heavy atom. The van der Waals surface area contributed by atoms with Gasteiger partial charge in [-0.05, 0) is 44.0 Å². The first-order valence-electron chi connectivity index (χ1n) is 7.62. The number of nitrogens with one attached hydrogen (secondary N) is 2. The molecule has 2 N–H and O–H groups in total. The Labute approximate surface area is 136 Å². The van der Waals surface area contributed by atoms with E-state index >= 15 is 0 Å². The fraction of sp³-hybridized carbons (Fsp3) is 0.333. The Balaban J connectivity index is 1.80. The molecule has 0 radical (unpaired) electrons. The van der Waals surface area contributed by atoms with Crippen molar-refractivity contribution in [2.45, 2.75) is 33.6 Å². The van der Waals surface area contributed by atoms with Crippen LogP contribution in [0.25, 0.3) is 0 Å². The summed E-state index contributed by atoms with van der Waals surface area (Å²) in [4.78, 5) is 23.7. The first kappa shape index (κ1) is 16.8. The van der Waals surface area contributed by atoms with E-state index in [2.05, 4.69) is 10.6 Å². The third-order valence-corrected chi connectivity index (χ3v) is 3.57. The van der Waals surface area contributed by atoms with Gasteiger partial charge in [0.1, 0.15) is 5.76 Å². The maximum absolute atomic E-state index is 12.0. The molecule has 122 valence electrons. The number of hydrogen-bond acceptors (Lipinski definition) is 3. The molecule has 2 rings (SSSR count). The molecule has 0 fully saturated rings. The SMILES string of the molecule is Cc1cc(C)c(NC(=O)CNC(=O)CCc2ccco2)c(C)c1. The maximum atomic E-state index is 12.0. The van der Waals surface area contributed by atoms with E-state index < -0.39 is 0 Å². The average molecular weight is 314 g/mol. The van der Waals surface area contributed by atoms with E-state index in [0.717, 1.165) is 28.1 Å². The number of carbonyl (C=O) groups is 2. The van der Waals surface area contributed by atoms with Crippen LogP contribution in [0.15, 0.2) is 34.9 Å². The summed E-state index contributed by atoms with van der Waals surface area (Å²) in [5, 5.41) is 5.48. The molecule has 5 nitrogen and oxygen atoms in total. The van der Waals surface area contributed by atoms with Crippen LogP contribution in [-0.2, 0) is 16.0 Å². The molecular formula is C18H22N2O3. The topological polar surface area (TPSA) is 71.3 Å². The van der Waals surface area contributed by atoms with Crippen LogP contribution in [0, 0.1) is 20.8 Å². The Bertz CT molecular complexity index is 667. The van der Waals surface area contributed by atoms with Gasteiger partial charge in [-0.3, -0.25) is 9.59 Å². The van der Waals surface area contributed by atoms with Gasteiger partial charge >= 0.3 is 0 Å². The Hall–Kier alpha value is -2.56. The van der Waals surface area contributed by atoms with Crippen molar-refractivity contribution in [3.63, 3.8) is 0 Å². The highest BCUT2D eigenvalue weighted by Gasteiger charge is 2.10. The van der Waals surface area contributed by atoms with Gasteiger partial charge in [0.15, 0.2) is 0 Å². The van der Waals surface area contributed by atoms with Gasteiger partial charge in [0.05, 0.1) is 12.8 Å². The molecule has 0 atom stereocenters. The van der Waals surface area contributed by atoms with Crippen molar-refractivity contribution in [3.8, 4) is 0 Å². The predicted molar refractivity (Wildman–Crippen MR) is 89.3 cm³/mol. The molecule has 5 heteroatoms. The summed E-state index contributed by atoms with van der Waals surface area (Å²) in [6, 6.07) is 7.64. The molecule has 0 unspecified atom stereocenters. The molecule has 0 spiro atoms. The van der Waals surface area contributed by atoms with Crippen molar-refractivity contribution in [2.24, 2.45) is 0 Å². The Kier molecular flexibility index (Phi) is 5.57. The van der Waals surface area contributed by atoms with Gasteiger partial charge < -0.3 is 15.1 Å². The van der Waals surface area contributed by atoms with Crippen molar-refractivity contribution in [1.29, 1.82) is 0 Å². The minimum atomic E-state index is -0.230. The van der Waals surface area contributed by atoms with Gasteiger partial charge in [-0.15, -0.1) is 0 Å². The summed E-state index contributed by atoms with van der Waals surface area (Å²) >= 11 is 0. The van der Waals surface area contributed by atoms with E-state index in [0.29, 0.717) is 12.8 Å². The lowest BCUT2D eigenvalue weighted by Gasteiger charge is -2.13. The van der Waals surface area contributed by atoms with Crippen molar-refractivity contribution >= 4 is 17.5 Å². The van der Waals surface area contributed by atoms with Gasteiger partial charge in [0, 0.05) is 18.5 Å². The first-order chi connectivity index (χ1) is 11.0. The zero-order valence-electron chi connectivity index (χ0n) is 13.7. The van der Waals surface area contributed by atoms with E-state index in [9.17, 15) is 9.59 Å². The van der Waals surface area contributed by atoms with Crippen LogP contribution in [0.4, 0.5) is 5.69 Å². The molecule has 0 aliphatic heterocycles. The van der Waals surface area contributed by atoms with E-state index in [1.807, 2.05) is 39.0 Å². The minimum Gasteiger partial charge on any atom is -0.469 e. The van der Waals surface area contributed by atoms with Gasteiger partial charge in [0.25, 0.3) is 0 Å². The van der Waals surface area contributed by atoms with Gasteiger partial charge in [-0.25, -0.2) is 0 Å². The predicted octanol–water partition coefficient (Wildman–Crippen LogP) is 2.89. The van der Waals surface area contributed by atoms with Crippen LogP contribution in [0.2, 0.25) is 0 Å². The fourth-order valence-corrected chi connectivity index (χ4v) is 2.52. The highest BCUT2D eigenvalue weighted by Crippen LogP contribution is 2.21. The van der Waals surface area contributed by atoms with Crippen LogP contribution in [0.5, 0.6) is 0 Å². The molecule has 0 bridgehead atoms. The number of benzene rings is 1. The van der Waals surface area contributed by atoms with Crippen LogP contribution < -0.4 is 10.6 Å². The van der Waals surface area contributed by atoms with Gasteiger partial charge in [-0.1, -0.05) is 17.7 Å². The number of amides is 2. The van der Waals surface area contributed by atoms with E-state index in [-0.39, 0.29) is 18.4 Å². The number of aryl methyl sites for hydroxylation is 4. The minimum absolute atomic E-state index is 0.0380. The Morgan fingerprint density at radius 3 is 2.39 bits per heavy atom. The second kappa shape index (κ2) is 7.63. The van der Waals surface area contributed by atoms with E-state index in [4.69, 9.17) is 4.42 Å². The number of rotatable bonds is 6. The van der Waals surface area contributed by atoms with E-state index in [1.165, 1.54) is 0 Å². The second-order valence-electron chi connectivity index (χ2n) is 5.68. The van der Waals surface area contributed by atoms with Crippen LogP contribution in [0.1, 0.15) is 28.9 Å². The molecule has 23 heavy (non-hydrogen) atoms. The summed E-state index contributed by atoms with van der Waals surface area (Å²) in [7, 11) is 0. The van der Waals surface area contributed by atoms with Crippen molar-refractivity contribution in [2.75, 3.05) is 11.9 Å². The molecule has 1 aromatic carbocycles. The fourth-order valence-electron chi connectivity index (χ4n) is 2.52. The van der Waals surface area contributed by atoms with Crippen molar-refractivity contribution < 1.29 is 14.0 Å². The van der Waals surface area contributed by atoms with Crippen molar-refractivity contribution in [3.05, 3.63) is 53.0 Å². The molecule has 1 aromatic heterocycles. The summed E-state index contributed by atoms with van der Waals surface area (Å²) in [5.41, 5.74) is 4.00. The molecule has 0 saturated heterocycles. The highest BCUT2D eigenvalue weighted by atomic mass is 16.3. The lowest BCUT2D eigenvalue weighted by Crippen LogP contribution is -2.33. The summed E-state index contributed by atoms with van der Waals surface area (Å²) in [6.07, 6.45) is 2.40. The third kappa shape index (κ3) is 4.98.